The first-order chi connectivity index (χ1) is 9.79. The molecule has 1 N–H and O–H groups in total. The molecule has 0 radical (unpaired) electrons. The lowest BCUT2D eigenvalue weighted by Crippen LogP contribution is -2.16. The van der Waals surface area contributed by atoms with Crippen molar-refractivity contribution in [2.24, 2.45) is 0 Å². The van der Waals surface area contributed by atoms with E-state index in [1.807, 2.05) is 13.0 Å². The van der Waals surface area contributed by atoms with Crippen molar-refractivity contribution in [3.05, 3.63) is 45.9 Å². The minimum atomic E-state index is -0.503. The Labute approximate surface area is 123 Å². The molecule has 3 rings (SSSR count). The summed E-state index contributed by atoms with van der Waals surface area (Å²) in [7, 11) is 0. The van der Waals surface area contributed by atoms with Gasteiger partial charge in [-0.05, 0) is 49.3 Å². The second kappa shape index (κ2) is 5.94. The van der Waals surface area contributed by atoms with E-state index < -0.39 is 6.10 Å². The van der Waals surface area contributed by atoms with Crippen LogP contribution in [0.1, 0.15) is 47.8 Å². The van der Waals surface area contributed by atoms with Crippen molar-refractivity contribution in [2.75, 3.05) is 6.61 Å². The normalized spacial score (nSPS) is 19.4. The second-order valence-corrected chi connectivity index (χ2v) is 6.13. The van der Waals surface area contributed by atoms with Crippen molar-refractivity contribution in [1.29, 1.82) is 0 Å². The van der Waals surface area contributed by atoms with Gasteiger partial charge >= 0.3 is 0 Å². The molecule has 0 aliphatic heterocycles. The van der Waals surface area contributed by atoms with Gasteiger partial charge in [0.2, 0.25) is 0 Å². The summed E-state index contributed by atoms with van der Waals surface area (Å²) in [4.78, 5) is 5.61. The minimum Gasteiger partial charge on any atom is -0.492 e. The molecule has 1 aliphatic rings. The van der Waals surface area contributed by atoms with Crippen LogP contribution in [0.15, 0.2) is 29.9 Å². The zero-order valence-corrected chi connectivity index (χ0v) is 12.4. The van der Waals surface area contributed by atoms with E-state index in [2.05, 4.69) is 16.4 Å². The van der Waals surface area contributed by atoms with Crippen LogP contribution in [0.2, 0.25) is 0 Å². The number of thiophene rings is 1. The minimum absolute atomic E-state index is 0.184. The molecule has 2 heterocycles. The van der Waals surface area contributed by atoms with Crippen LogP contribution in [0, 0.1) is 0 Å². The first kappa shape index (κ1) is 13.6. The maximum atomic E-state index is 10.7. The largest absolute Gasteiger partial charge is 0.492 e. The van der Waals surface area contributed by atoms with E-state index in [0.29, 0.717) is 6.61 Å². The van der Waals surface area contributed by atoms with E-state index in [0.717, 1.165) is 30.6 Å². The molecule has 0 aromatic carbocycles. The van der Waals surface area contributed by atoms with Gasteiger partial charge in [-0.1, -0.05) is 0 Å². The number of aromatic nitrogens is 1. The number of ether oxygens (including phenoxy) is 1. The van der Waals surface area contributed by atoms with Crippen molar-refractivity contribution in [2.45, 2.75) is 38.2 Å². The van der Waals surface area contributed by atoms with Crippen LogP contribution >= 0.6 is 11.3 Å². The Morgan fingerprint density at radius 2 is 2.40 bits per heavy atom. The van der Waals surface area contributed by atoms with Gasteiger partial charge in [0, 0.05) is 22.6 Å². The van der Waals surface area contributed by atoms with Crippen LogP contribution in [0.4, 0.5) is 0 Å². The van der Waals surface area contributed by atoms with Gasteiger partial charge in [0.05, 0.1) is 18.9 Å². The fourth-order valence-corrected chi connectivity index (χ4v) is 3.92. The molecule has 106 valence electrons. The zero-order valence-electron chi connectivity index (χ0n) is 11.6. The summed E-state index contributed by atoms with van der Waals surface area (Å²) in [6.45, 7) is 2.56. The third kappa shape index (κ3) is 2.58. The van der Waals surface area contributed by atoms with Crippen LogP contribution in [-0.2, 0) is 6.42 Å². The molecule has 0 fully saturated rings. The summed E-state index contributed by atoms with van der Waals surface area (Å²) in [5, 5.41) is 12.8. The van der Waals surface area contributed by atoms with Gasteiger partial charge in [0.15, 0.2) is 0 Å². The van der Waals surface area contributed by atoms with Crippen LogP contribution < -0.4 is 4.74 Å². The van der Waals surface area contributed by atoms with Gasteiger partial charge < -0.3 is 9.84 Å². The van der Waals surface area contributed by atoms with Gasteiger partial charge in [-0.2, -0.15) is 0 Å². The Morgan fingerprint density at radius 3 is 3.25 bits per heavy atom. The van der Waals surface area contributed by atoms with Gasteiger partial charge in [-0.15, -0.1) is 11.3 Å². The molecule has 0 bridgehead atoms. The number of fused-ring (bicyclic) bond motifs is 1. The molecule has 2 unspecified atom stereocenters. The highest BCUT2D eigenvalue weighted by molar-refractivity contribution is 7.10. The van der Waals surface area contributed by atoms with Crippen molar-refractivity contribution >= 4 is 11.3 Å². The van der Waals surface area contributed by atoms with Crippen LogP contribution in [0.3, 0.4) is 0 Å². The van der Waals surface area contributed by atoms with Crippen molar-refractivity contribution in [3.8, 4) is 5.75 Å². The Kier molecular flexibility index (Phi) is 4.03. The molecule has 4 heteroatoms. The number of aryl methyl sites for hydroxylation is 1. The molecule has 0 amide bonds. The van der Waals surface area contributed by atoms with Gasteiger partial charge in [0.25, 0.3) is 0 Å². The molecule has 2 aromatic heterocycles. The smallest absolute Gasteiger partial charge is 0.137 e. The SMILES string of the molecule is CCOc1cncc(C(O)C2CCCc3sccc32)c1. The molecular weight excluding hydrogens is 270 g/mol. The average molecular weight is 289 g/mol. The third-order valence-corrected chi connectivity index (χ3v) is 4.86. The van der Waals surface area contributed by atoms with E-state index in [-0.39, 0.29) is 5.92 Å². The number of hydrogen-bond donors (Lipinski definition) is 1. The summed E-state index contributed by atoms with van der Waals surface area (Å²) < 4.78 is 5.47. The number of rotatable bonds is 4. The Morgan fingerprint density at radius 1 is 1.50 bits per heavy atom. The second-order valence-electron chi connectivity index (χ2n) is 5.13. The number of aliphatic hydroxyl groups is 1. The third-order valence-electron chi connectivity index (χ3n) is 3.87. The van der Waals surface area contributed by atoms with Crippen LogP contribution in [0.25, 0.3) is 0 Å². The molecule has 0 spiro atoms. The van der Waals surface area contributed by atoms with Crippen LogP contribution in [-0.4, -0.2) is 16.7 Å². The lowest BCUT2D eigenvalue weighted by atomic mass is 9.82. The summed E-state index contributed by atoms with van der Waals surface area (Å²) in [5.41, 5.74) is 2.16. The highest BCUT2D eigenvalue weighted by atomic mass is 32.1. The Hall–Kier alpha value is -1.39. The molecular formula is C16H19NO2S. The topological polar surface area (TPSA) is 42.4 Å². The lowest BCUT2D eigenvalue weighted by molar-refractivity contribution is 0.135. The maximum absolute atomic E-state index is 10.7. The summed E-state index contributed by atoms with van der Waals surface area (Å²) in [6, 6.07) is 4.06. The summed E-state index contributed by atoms with van der Waals surface area (Å²) in [6.07, 6.45) is 6.26. The van der Waals surface area contributed by atoms with Crippen molar-refractivity contribution < 1.29 is 9.84 Å². The zero-order chi connectivity index (χ0) is 13.9. The lowest BCUT2D eigenvalue weighted by Gasteiger charge is -2.27. The quantitative estimate of drug-likeness (QED) is 0.933. The summed E-state index contributed by atoms with van der Waals surface area (Å²) in [5.74, 6) is 0.911. The Balaban J connectivity index is 1.86. The first-order valence-corrected chi connectivity index (χ1v) is 7.99. The standard InChI is InChI=1S/C16H19NO2S/c1-2-19-12-8-11(9-17-10-12)16(18)14-4-3-5-15-13(14)6-7-20-15/h6-10,14,16,18H,2-5H2,1H3. The van der Waals surface area contributed by atoms with Crippen molar-refractivity contribution in [3.63, 3.8) is 0 Å². The fraction of sp³-hybridized carbons (Fsp3) is 0.438. The maximum Gasteiger partial charge on any atom is 0.137 e. The van der Waals surface area contributed by atoms with E-state index >= 15 is 0 Å². The van der Waals surface area contributed by atoms with E-state index in [1.165, 1.54) is 10.4 Å². The molecule has 20 heavy (non-hydrogen) atoms. The number of hydrogen-bond acceptors (Lipinski definition) is 4. The highest BCUT2D eigenvalue weighted by Crippen LogP contribution is 2.42. The molecule has 1 aliphatic carbocycles. The molecule has 3 nitrogen and oxygen atoms in total. The van der Waals surface area contributed by atoms with Crippen LogP contribution in [0.5, 0.6) is 5.75 Å². The van der Waals surface area contributed by atoms with E-state index in [4.69, 9.17) is 4.74 Å². The monoisotopic (exact) mass is 289 g/mol. The number of pyridine rings is 1. The van der Waals surface area contributed by atoms with E-state index in [1.54, 1.807) is 23.7 Å². The summed E-state index contributed by atoms with van der Waals surface area (Å²) >= 11 is 1.80. The average Bonchev–Trinajstić information content (AvgIpc) is 2.95. The fourth-order valence-electron chi connectivity index (χ4n) is 2.93. The number of aliphatic hydroxyl groups excluding tert-OH is 1. The Bertz CT molecular complexity index is 581. The molecule has 2 atom stereocenters. The van der Waals surface area contributed by atoms with Gasteiger partial charge in [0.1, 0.15) is 5.75 Å². The molecule has 0 saturated carbocycles. The number of nitrogens with zero attached hydrogens (tertiary/aromatic N) is 1. The predicted octanol–water partition coefficient (Wildman–Crippen LogP) is 3.70. The van der Waals surface area contributed by atoms with Gasteiger partial charge in [-0.25, -0.2) is 0 Å². The van der Waals surface area contributed by atoms with E-state index in [9.17, 15) is 5.11 Å². The highest BCUT2D eigenvalue weighted by Gasteiger charge is 2.28. The van der Waals surface area contributed by atoms with Crippen molar-refractivity contribution in [1.82, 2.24) is 4.98 Å². The first-order valence-electron chi connectivity index (χ1n) is 7.11. The predicted molar refractivity (Wildman–Crippen MR) is 80.4 cm³/mol. The molecule has 0 saturated heterocycles. The van der Waals surface area contributed by atoms with Gasteiger partial charge in [-0.3, -0.25) is 4.98 Å². The molecule has 2 aromatic rings.